The highest BCUT2D eigenvalue weighted by atomic mass is 19.1. The minimum atomic E-state index is -0.270. The Hall–Kier alpha value is -2.21. The summed E-state index contributed by atoms with van der Waals surface area (Å²) in [6.07, 6.45) is 3.94. The first kappa shape index (κ1) is 17.6. The van der Waals surface area contributed by atoms with Crippen LogP contribution in [0.5, 0.6) is 0 Å². The lowest BCUT2D eigenvalue weighted by atomic mass is 10.2. The number of nitrogens with zero attached hydrogens (tertiary/aromatic N) is 2. The first-order valence-electron chi connectivity index (χ1n) is 8.78. The summed E-state index contributed by atoms with van der Waals surface area (Å²) in [6, 6.07) is 6.28. The van der Waals surface area contributed by atoms with Gasteiger partial charge in [-0.3, -0.25) is 4.79 Å². The van der Waals surface area contributed by atoms with Gasteiger partial charge in [-0.05, 0) is 56.9 Å². The monoisotopic (exact) mass is 346 g/mol. The summed E-state index contributed by atoms with van der Waals surface area (Å²) in [5.41, 5.74) is 3.92. The Kier molecular flexibility index (Phi) is 5.81. The summed E-state index contributed by atoms with van der Waals surface area (Å²) < 4.78 is 25.6. The first-order valence-corrected chi connectivity index (χ1v) is 8.78. The molecule has 0 amide bonds. The summed E-state index contributed by atoms with van der Waals surface area (Å²) in [6.45, 7) is 3.34. The molecule has 1 aromatic heterocycles. The van der Waals surface area contributed by atoms with Crippen molar-refractivity contribution in [2.45, 2.75) is 45.6 Å². The number of hydrogen-bond donors (Lipinski definition) is 0. The second kappa shape index (κ2) is 8.25. The summed E-state index contributed by atoms with van der Waals surface area (Å²) in [4.78, 5) is 11.8. The Morgan fingerprint density at radius 1 is 1.28 bits per heavy atom. The molecule has 1 aromatic carbocycles. The van der Waals surface area contributed by atoms with Crippen molar-refractivity contribution in [3.63, 3.8) is 0 Å². The second-order valence-electron chi connectivity index (χ2n) is 6.07. The van der Waals surface area contributed by atoms with E-state index in [1.54, 1.807) is 12.1 Å². The Balaban J connectivity index is 1.65. The van der Waals surface area contributed by atoms with Gasteiger partial charge in [0.1, 0.15) is 18.1 Å². The van der Waals surface area contributed by atoms with E-state index in [1.807, 2.05) is 11.6 Å². The number of fused-ring (bicyclic) bond motifs is 1. The Morgan fingerprint density at radius 3 is 2.84 bits per heavy atom. The smallest absolute Gasteiger partial charge is 0.306 e. The number of aromatic nitrogens is 2. The zero-order chi connectivity index (χ0) is 17.6. The van der Waals surface area contributed by atoms with Gasteiger partial charge >= 0.3 is 5.97 Å². The fourth-order valence-electron chi connectivity index (χ4n) is 3.11. The average molecular weight is 346 g/mol. The topological polar surface area (TPSA) is 53.4 Å². The molecule has 1 heterocycles. The number of hydrogen-bond acceptors (Lipinski definition) is 4. The van der Waals surface area contributed by atoms with Crippen LogP contribution in [-0.2, 0) is 33.7 Å². The predicted molar refractivity (Wildman–Crippen MR) is 91.1 cm³/mol. The van der Waals surface area contributed by atoms with Crippen LogP contribution in [0.4, 0.5) is 4.39 Å². The SMILES string of the molecule is CCOCCCC(=O)OCc1nn(-c2ccc(F)cc2)c2c1CCC2. The number of esters is 1. The van der Waals surface area contributed by atoms with Crippen LogP contribution in [0.15, 0.2) is 24.3 Å². The Labute approximate surface area is 146 Å². The second-order valence-corrected chi connectivity index (χ2v) is 6.07. The van der Waals surface area contributed by atoms with Crippen molar-refractivity contribution in [2.24, 2.45) is 0 Å². The van der Waals surface area contributed by atoms with Crippen molar-refractivity contribution in [3.05, 3.63) is 47.0 Å². The van der Waals surface area contributed by atoms with Crippen molar-refractivity contribution >= 4 is 5.97 Å². The van der Waals surface area contributed by atoms with Gasteiger partial charge in [0.25, 0.3) is 0 Å². The lowest BCUT2D eigenvalue weighted by molar-refractivity contribution is -0.145. The summed E-state index contributed by atoms with van der Waals surface area (Å²) in [5, 5.41) is 4.61. The van der Waals surface area contributed by atoms with Crippen LogP contribution in [0.2, 0.25) is 0 Å². The van der Waals surface area contributed by atoms with E-state index in [-0.39, 0.29) is 18.4 Å². The molecule has 0 unspecified atom stereocenters. The van der Waals surface area contributed by atoms with E-state index in [0.29, 0.717) is 26.1 Å². The minimum Gasteiger partial charge on any atom is -0.459 e. The molecule has 1 aliphatic carbocycles. The number of carbonyl (C=O) groups excluding carboxylic acids is 1. The molecule has 0 N–H and O–H groups in total. The molecule has 2 aromatic rings. The number of ether oxygens (including phenoxy) is 2. The quantitative estimate of drug-likeness (QED) is 0.543. The molecular weight excluding hydrogens is 323 g/mol. The van der Waals surface area contributed by atoms with Gasteiger partial charge in [-0.1, -0.05) is 0 Å². The largest absolute Gasteiger partial charge is 0.459 e. The zero-order valence-electron chi connectivity index (χ0n) is 14.5. The molecule has 6 heteroatoms. The highest BCUT2D eigenvalue weighted by molar-refractivity contribution is 5.69. The van der Waals surface area contributed by atoms with Crippen molar-refractivity contribution < 1.29 is 18.7 Å². The van der Waals surface area contributed by atoms with Gasteiger partial charge in [-0.15, -0.1) is 0 Å². The minimum absolute atomic E-state index is 0.185. The normalized spacial score (nSPS) is 13.0. The zero-order valence-corrected chi connectivity index (χ0v) is 14.5. The molecule has 25 heavy (non-hydrogen) atoms. The fourth-order valence-corrected chi connectivity index (χ4v) is 3.11. The molecule has 0 aliphatic heterocycles. The molecule has 0 bridgehead atoms. The Bertz CT molecular complexity index is 725. The van der Waals surface area contributed by atoms with E-state index in [2.05, 4.69) is 5.10 Å². The average Bonchev–Trinajstić information content (AvgIpc) is 3.21. The predicted octanol–water partition coefficient (Wildman–Crippen LogP) is 3.36. The molecule has 0 fully saturated rings. The van der Waals surface area contributed by atoms with E-state index in [0.717, 1.165) is 41.9 Å². The van der Waals surface area contributed by atoms with Gasteiger partial charge < -0.3 is 9.47 Å². The molecule has 1 aliphatic rings. The van der Waals surface area contributed by atoms with Gasteiger partial charge in [-0.25, -0.2) is 9.07 Å². The van der Waals surface area contributed by atoms with Crippen molar-refractivity contribution in [3.8, 4) is 5.69 Å². The maximum atomic E-state index is 13.1. The molecule has 3 rings (SSSR count). The van der Waals surface area contributed by atoms with Gasteiger partial charge in [-0.2, -0.15) is 5.10 Å². The van der Waals surface area contributed by atoms with Crippen LogP contribution in [0.25, 0.3) is 5.69 Å². The number of carbonyl (C=O) groups is 1. The van der Waals surface area contributed by atoms with E-state index in [9.17, 15) is 9.18 Å². The number of benzene rings is 1. The van der Waals surface area contributed by atoms with Crippen molar-refractivity contribution in [2.75, 3.05) is 13.2 Å². The van der Waals surface area contributed by atoms with Crippen molar-refractivity contribution in [1.82, 2.24) is 9.78 Å². The van der Waals surface area contributed by atoms with Crippen LogP contribution in [0, 0.1) is 5.82 Å². The third kappa shape index (κ3) is 4.25. The maximum Gasteiger partial charge on any atom is 0.306 e. The van der Waals surface area contributed by atoms with Crippen LogP contribution in [-0.4, -0.2) is 29.0 Å². The van der Waals surface area contributed by atoms with Crippen LogP contribution >= 0.6 is 0 Å². The molecular formula is C19H23FN2O3. The van der Waals surface area contributed by atoms with Crippen LogP contribution < -0.4 is 0 Å². The van der Waals surface area contributed by atoms with Crippen LogP contribution in [0.3, 0.4) is 0 Å². The molecule has 0 atom stereocenters. The molecule has 0 radical (unpaired) electrons. The van der Waals surface area contributed by atoms with Gasteiger partial charge in [0, 0.05) is 30.9 Å². The molecule has 0 saturated heterocycles. The first-order chi connectivity index (χ1) is 12.2. The molecule has 0 saturated carbocycles. The third-order valence-corrected chi connectivity index (χ3v) is 4.33. The van der Waals surface area contributed by atoms with E-state index in [1.165, 1.54) is 12.1 Å². The lowest BCUT2D eigenvalue weighted by Gasteiger charge is -2.06. The third-order valence-electron chi connectivity index (χ3n) is 4.33. The molecule has 0 spiro atoms. The maximum absolute atomic E-state index is 13.1. The van der Waals surface area contributed by atoms with E-state index in [4.69, 9.17) is 9.47 Å². The fraction of sp³-hybridized carbons (Fsp3) is 0.474. The summed E-state index contributed by atoms with van der Waals surface area (Å²) in [7, 11) is 0. The lowest BCUT2D eigenvalue weighted by Crippen LogP contribution is -2.08. The highest BCUT2D eigenvalue weighted by Crippen LogP contribution is 2.28. The number of halogens is 1. The van der Waals surface area contributed by atoms with Crippen molar-refractivity contribution in [1.29, 1.82) is 0 Å². The Morgan fingerprint density at radius 2 is 2.08 bits per heavy atom. The summed E-state index contributed by atoms with van der Waals surface area (Å²) >= 11 is 0. The van der Waals surface area contributed by atoms with E-state index >= 15 is 0 Å². The van der Waals surface area contributed by atoms with Gasteiger partial charge in [0.15, 0.2) is 0 Å². The van der Waals surface area contributed by atoms with Gasteiger partial charge in [0.05, 0.1) is 5.69 Å². The molecule has 5 nitrogen and oxygen atoms in total. The highest BCUT2D eigenvalue weighted by Gasteiger charge is 2.23. The standard InChI is InChI=1S/C19H23FN2O3/c1-2-24-12-4-7-19(23)25-13-17-16-5-3-6-18(16)22(21-17)15-10-8-14(20)9-11-15/h8-11H,2-7,12-13H2,1H3. The van der Waals surface area contributed by atoms with Crippen LogP contribution in [0.1, 0.15) is 43.1 Å². The molecule has 134 valence electrons. The number of rotatable bonds is 8. The summed E-state index contributed by atoms with van der Waals surface area (Å²) in [5.74, 6) is -0.503. The van der Waals surface area contributed by atoms with Gasteiger partial charge in [0.2, 0.25) is 0 Å². The van der Waals surface area contributed by atoms with E-state index < -0.39 is 0 Å².